The molecule has 0 unspecified atom stereocenters. The van der Waals surface area contributed by atoms with Gasteiger partial charge in [0, 0.05) is 13.2 Å². The van der Waals surface area contributed by atoms with Gasteiger partial charge < -0.3 is 20.1 Å². The number of amides is 2. The standard InChI is InChI=1S/C23H28N2O4/c1-2-3-14-29-21-13-7-5-11-19(21)23(27)25-20-12-6-4-10-18(20)22(26)24-16-17-9-8-15-28-17/h4-7,10-13,17H,2-3,8-9,14-16H2,1H3,(H,24,26)(H,25,27)/t17-/m1/s1. The minimum atomic E-state index is -0.309. The van der Waals surface area contributed by atoms with E-state index in [9.17, 15) is 9.59 Å². The second-order valence-electron chi connectivity index (χ2n) is 7.04. The van der Waals surface area contributed by atoms with Gasteiger partial charge >= 0.3 is 0 Å². The molecule has 0 aliphatic carbocycles. The molecule has 6 heteroatoms. The number of nitrogens with one attached hydrogen (secondary N) is 2. The second-order valence-corrected chi connectivity index (χ2v) is 7.04. The lowest BCUT2D eigenvalue weighted by atomic mass is 10.1. The van der Waals surface area contributed by atoms with E-state index in [1.807, 2.05) is 6.07 Å². The zero-order valence-electron chi connectivity index (χ0n) is 16.8. The molecule has 154 valence electrons. The Morgan fingerprint density at radius 1 is 1.07 bits per heavy atom. The van der Waals surface area contributed by atoms with E-state index in [2.05, 4.69) is 17.6 Å². The number of hydrogen-bond acceptors (Lipinski definition) is 4. The van der Waals surface area contributed by atoms with Crippen LogP contribution in [0.3, 0.4) is 0 Å². The van der Waals surface area contributed by atoms with Crippen molar-refractivity contribution in [2.45, 2.75) is 38.7 Å². The number of unbranched alkanes of at least 4 members (excludes halogenated alkanes) is 1. The molecule has 2 aromatic carbocycles. The molecule has 0 aromatic heterocycles. The Balaban J connectivity index is 1.68. The van der Waals surface area contributed by atoms with Crippen molar-refractivity contribution in [3.05, 3.63) is 59.7 Å². The Morgan fingerprint density at radius 3 is 2.59 bits per heavy atom. The molecule has 1 fully saturated rings. The van der Waals surface area contributed by atoms with Crippen LogP contribution in [0.1, 0.15) is 53.3 Å². The lowest BCUT2D eigenvalue weighted by molar-refractivity contribution is 0.0858. The number of carbonyl (C=O) groups is 2. The van der Waals surface area contributed by atoms with E-state index in [1.54, 1.807) is 42.5 Å². The van der Waals surface area contributed by atoms with Crippen molar-refractivity contribution < 1.29 is 19.1 Å². The predicted octanol–water partition coefficient (Wildman–Crippen LogP) is 4.03. The maximum Gasteiger partial charge on any atom is 0.259 e. The molecule has 2 aromatic rings. The van der Waals surface area contributed by atoms with Gasteiger partial charge in [0.15, 0.2) is 0 Å². The molecule has 0 bridgehead atoms. The van der Waals surface area contributed by atoms with E-state index >= 15 is 0 Å². The van der Waals surface area contributed by atoms with Crippen LogP contribution in [0, 0.1) is 0 Å². The third-order valence-corrected chi connectivity index (χ3v) is 4.82. The quantitative estimate of drug-likeness (QED) is 0.628. The van der Waals surface area contributed by atoms with E-state index in [1.165, 1.54) is 0 Å². The molecule has 1 saturated heterocycles. The van der Waals surface area contributed by atoms with E-state index in [0.29, 0.717) is 35.7 Å². The van der Waals surface area contributed by atoms with Crippen molar-refractivity contribution in [3.63, 3.8) is 0 Å². The van der Waals surface area contributed by atoms with E-state index in [-0.39, 0.29) is 17.9 Å². The van der Waals surface area contributed by atoms with Gasteiger partial charge in [0.1, 0.15) is 5.75 Å². The highest BCUT2D eigenvalue weighted by atomic mass is 16.5. The van der Waals surface area contributed by atoms with Gasteiger partial charge in [-0.05, 0) is 43.5 Å². The summed E-state index contributed by atoms with van der Waals surface area (Å²) < 4.78 is 11.3. The van der Waals surface area contributed by atoms with Crippen molar-refractivity contribution in [2.24, 2.45) is 0 Å². The molecule has 3 rings (SSSR count). The van der Waals surface area contributed by atoms with Crippen LogP contribution in [0.4, 0.5) is 5.69 Å². The number of para-hydroxylation sites is 2. The highest BCUT2D eigenvalue weighted by Crippen LogP contribution is 2.22. The fourth-order valence-corrected chi connectivity index (χ4v) is 3.19. The minimum Gasteiger partial charge on any atom is -0.493 e. The summed E-state index contributed by atoms with van der Waals surface area (Å²) in [5, 5.41) is 5.76. The summed E-state index contributed by atoms with van der Waals surface area (Å²) in [5.41, 5.74) is 1.33. The molecule has 0 spiro atoms. The van der Waals surface area contributed by atoms with E-state index < -0.39 is 0 Å². The summed E-state index contributed by atoms with van der Waals surface area (Å²) in [6, 6.07) is 14.1. The maximum atomic E-state index is 12.9. The first kappa shape index (κ1) is 20.9. The highest BCUT2D eigenvalue weighted by molar-refractivity contribution is 6.10. The monoisotopic (exact) mass is 396 g/mol. The summed E-state index contributed by atoms with van der Waals surface area (Å²) in [6.07, 6.45) is 3.97. The SMILES string of the molecule is CCCCOc1ccccc1C(=O)Nc1ccccc1C(=O)NC[C@H]1CCCO1. The maximum absolute atomic E-state index is 12.9. The van der Waals surface area contributed by atoms with Crippen molar-refractivity contribution in [1.29, 1.82) is 0 Å². The minimum absolute atomic E-state index is 0.0628. The van der Waals surface area contributed by atoms with Crippen LogP contribution in [0.2, 0.25) is 0 Å². The van der Waals surface area contributed by atoms with Gasteiger partial charge in [0.05, 0.1) is 29.5 Å². The number of benzene rings is 2. The molecular weight excluding hydrogens is 368 g/mol. The zero-order valence-corrected chi connectivity index (χ0v) is 16.8. The number of anilines is 1. The molecule has 0 saturated carbocycles. The molecule has 6 nitrogen and oxygen atoms in total. The Bertz CT molecular complexity index is 831. The van der Waals surface area contributed by atoms with Crippen molar-refractivity contribution >= 4 is 17.5 Å². The topological polar surface area (TPSA) is 76.7 Å². The fraction of sp³-hybridized carbons (Fsp3) is 0.391. The molecule has 1 aliphatic rings. The molecule has 29 heavy (non-hydrogen) atoms. The van der Waals surface area contributed by atoms with Gasteiger partial charge in [-0.2, -0.15) is 0 Å². The Morgan fingerprint density at radius 2 is 1.83 bits per heavy atom. The first-order valence-electron chi connectivity index (χ1n) is 10.2. The number of rotatable bonds is 9. The van der Waals surface area contributed by atoms with Crippen LogP contribution in [0.5, 0.6) is 5.75 Å². The smallest absolute Gasteiger partial charge is 0.259 e. The first-order chi connectivity index (χ1) is 14.2. The third-order valence-electron chi connectivity index (χ3n) is 4.82. The van der Waals surface area contributed by atoms with Gasteiger partial charge in [-0.1, -0.05) is 37.6 Å². The average Bonchev–Trinajstić information content (AvgIpc) is 3.26. The fourth-order valence-electron chi connectivity index (χ4n) is 3.19. The Kier molecular flexibility index (Phi) is 7.64. The summed E-state index contributed by atoms with van der Waals surface area (Å²) in [5.74, 6) is -0.000814. The predicted molar refractivity (Wildman–Crippen MR) is 113 cm³/mol. The highest BCUT2D eigenvalue weighted by Gasteiger charge is 2.19. The molecule has 2 amide bonds. The summed E-state index contributed by atoms with van der Waals surface area (Å²) in [7, 11) is 0. The van der Waals surface area contributed by atoms with Gasteiger partial charge in [-0.15, -0.1) is 0 Å². The molecule has 1 aliphatic heterocycles. The second kappa shape index (κ2) is 10.6. The molecule has 1 atom stereocenters. The summed E-state index contributed by atoms with van der Waals surface area (Å²) in [6.45, 7) is 3.86. The number of ether oxygens (including phenoxy) is 2. The largest absolute Gasteiger partial charge is 0.493 e. The lowest BCUT2D eigenvalue weighted by Gasteiger charge is -2.15. The summed E-state index contributed by atoms with van der Waals surface area (Å²) >= 11 is 0. The normalized spacial score (nSPS) is 15.7. The van der Waals surface area contributed by atoms with Crippen molar-refractivity contribution in [1.82, 2.24) is 5.32 Å². The summed E-state index contributed by atoms with van der Waals surface area (Å²) in [4.78, 5) is 25.5. The van der Waals surface area contributed by atoms with Gasteiger partial charge in [-0.25, -0.2) is 0 Å². The van der Waals surface area contributed by atoms with Gasteiger partial charge in [-0.3, -0.25) is 9.59 Å². The van der Waals surface area contributed by atoms with Crippen LogP contribution >= 0.6 is 0 Å². The zero-order chi connectivity index (χ0) is 20.5. The van der Waals surface area contributed by atoms with Crippen molar-refractivity contribution in [2.75, 3.05) is 25.1 Å². The number of hydrogen-bond donors (Lipinski definition) is 2. The van der Waals surface area contributed by atoms with Crippen molar-refractivity contribution in [3.8, 4) is 5.75 Å². The van der Waals surface area contributed by atoms with Crippen LogP contribution in [-0.2, 0) is 4.74 Å². The number of carbonyl (C=O) groups excluding carboxylic acids is 2. The van der Waals surface area contributed by atoms with E-state index in [4.69, 9.17) is 9.47 Å². The third kappa shape index (κ3) is 5.81. The molecule has 0 radical (unpaired) electrons. The molecular formula is C23H28N2O4. The van der Waals surface area contributed by atoms with Gasteiger partial charge in [0.2, 0.25) is 0 Å². The average molecular weight is 396 g/mol. The van der Waals surface area contributed by atoms with Crippen LogP contribution in [0.25, 0.3) is 0 Å². The molecule has 1 heterocycles. The van der Waals surface area contributed by atoms with Crippen LogP contribution < -0.4 is 15.4 Å². The van der Waals surface area contributed by atoms with Gasteiger partial charge in [0.25, 0.3) is 11.8 Å². The first-order valence-corrected chi connectivity index (χ1v) is 10.2. The van der Waals surface area contributed by atoms with Crippen LogP contribution in [-0.4, -0.2) is 37.7 Å². The van der Waals surface area contributed by atoms with Crippen LogP contribution in [0.15, 0.2) is 48.5 Å². The van der Waals surface area contributed by atoms with E-state index in [0.717, 1.165) is 32.3 Å². The molecule has 2 N–H and O–H groups in total. The Hall–Kier alpha value is -2.86. The lowest BCUT2D eigenvalue weighted by Crippen LogP contribution is -2.32. The Labute approximate surface area is 171 Å².